The number of aromatic hydroxyl groups is 4. The van der Waals surface area contributed by atoms with E-state index in [1.165, 1.54) is 24.9 Å². The maximum atomic E-state index is 13.1. The number of benzene rings is 4. The molecule has 8 bridgehead atoms. The van der Waals surface area contributed by atoms with Crippen molar-refractivity contribution in [2.45, 2.75) is 169 Å². The molecule has 0 unspecified atom stereocenters. The van der Waals surface area contributed by atoms with Crippen molar-refractivity contribution < 1.29 is 58.6 Å². The van der Waals surface area contributed by atoms with Crippen LogP contribution < -0.4 is 18.9 Å². The number of fused-ring (bicyclic) bond motifs is 8. The molecular formula is C62H80N4O12. The Balaban J connectivity index is 1.37. The number of rotatable bonds is 0. The Morgan fingerprint density at radius 2 is 0.513 bits per heavy atom. The number of carbonyl (C=O) groups excluding carboxylic acids is 4. The topological polar surface area (TPSA) is 236 Å². The SMILES string of the molecule is CC(C)(C)c1cc2cc(c1O)/C=N/CC/N=C/c1cc(cc(C(C)(C)C)c1O)OC(=O)CCCCCC(=O)Oc1cc(c(O)c(C(C)(C)C)c1)/C=N/CC/N=C/c1cc(cc(C(C)(C)C)c1O)OC(=O)CCCCCC(=O)O2. The van der Waals surface area contributed by atoms with Gasteiger partial charge in [-0.15, -0.1) is 0 Å². The Morgan fingerprint density at radius 3 is 0.692 bits per heavy atom. The molecule has 16 heteroatoms. The number of nitrogens with zero attached hydrogens (tertiary/aromatic N) is 4. The molecule has 4 N–H and O–H groups in total. The van der Waals surface area contributed by atoms with Crippen LogP contribution >= 0.6 is 0 Å². The van der Waals surface area contributed by atoms with E-state index in [4.69, 9.17) is 18.9 Å². The summed E-state index contributed by atoms with van der Waals surface area (Å²) in [6.45, 7) is 24.0. The van der Waals surface area contributed by atoms with Crippen molar-refractivity contribution in [1.29, 1.82) is 0 Å². The fourth-order valence-electron chi connectivity index (χ4n) is 8.48. The van der Waals surface area contributed by atoms with Crippen LogP contribution in [-0.2, 0) is 40.8 Å². The largest absolute Gasteiger partial charge is 0.507 e. The van der Waals surface area contributed by atoms with Gasteiger partial charge < -0.3 is 39.4 Å². The number of hydrogen-bond acceptors (Lipinski definition) is 16. The fraction of sp³-hybridized carbons (Fsp3) is 0.484. The van der Waals surface area contributed by atoms with E-state index in [-0.39, 0.29) is 97.9 Å². The molecule has 0 saturated heterocycles. The van der Waals surface area contributed by atoms with Gasteiger partial charge in [0.05, 0.1) is 26.2 Å². The van der Waals surface area contributed by atoms with Gasteiger partial charge in [-0.2, -0.15) is 0 Å². The highest BCUT2D eigenvalue weighted by Gasteiger charge is 2.26. The molecule has 0 amide bonds. The number of phenols is 4. The molecule has 16 nitrogen and oxygen atoms in total. The van der Waals surface area contributed by atoms with E-state index in [9.17, 15) is 39.6 Å². The van der Waals surface area contributed by atoms with Crippen LogP contribution in [0.3, 0.4) is 0 Å². The molecule has 1 heterocycles. The third-order valence-corrected chi connectivity index (χ3v) is 12.8. The van der Waals surface area contributed by atoms with E-state index < -0.39 is 45.5 Å². The van der Waals surface area contributed by atoms with E-state index in [1.54, 1.807) is 48.5 Å². The second kappa shape index (κ2) is 26.8. The van der Waals surface area contributed by atoms with Crippen molar-refractivity contribution in [2.24, 2.45) is 20.0 Å². The zero-order chi connectivity index (χ0) is 57.6. The lowest BCUT2D eigenvalue weighted by Crippen LogP contribution is -2.14. The smallest absolute Gasteiger partial charge is 0.311 e. The van der Waals surface area contributed by atoms with Crippen LogP contribution in [0.5, 0.6) is 46.0 Å². The number of hydrogen-bond donors (Lipinski definition) is 4. The van der Waals surface area contributed by atoms with Crippen molar-refractivity contribution in [3.63, 3.8) is 0 Å². The molecule has 4 aromatic carbocycles. The average molecular weight is 1070 g/mol. The molecule has 1 aliphatic rings. The van der Waals surface area contributed by atoms with Crippen LogP contribution in [0.1, 0.15) is 192 Å². The molecular weight excluding hydrogens is 993 g/mol. The first-order chi connectivity index (χ1) is 36.5. The van der Waals surface area contributed by atoms with Crippen molar-refractivity contribution >= 4 is 48.7 Å². The molecule has 0 spiro atoms. The standard InChI is InChI=1S/C62H80N4O12/c1-59(2,3)47-31-43-27-39(55(47)71)35-63-23-24-64-36-40-28-44(32-48(56(40)72)60(4,5)6)77-53(69)21-17-14-18-22-54(70)78-46-30-42(58(74)50(34-46)62(10,11)12)38-66-26-25-65-37-41-29-45(33-49(57(41)73)61(7,8)9)76-52(68)20-16-13-15-19-51(67)75-43/h27-38,71-74H,13-26H2,1-12H3/b63-35+,64-36+,65-37+,66-38+. The van der Waals surface area contributed by atoms with E-state index in [0.717, 1.165) is 0 Å². The van der Waals surface area contributed by atoms with E-state index >= 15 is 0 Å². The van der Waals surface area contributed by atoms with Gasteiger partial charge in [0.1, 0.15) is 46.0 Å². The zero-order valence-corrected chi connectivity index (χ0v) is 47.7. The van der Waals surface area contributed by atoms with Gasteiger partial charge in [0, 0.05) is 95.0 Å². The van der Waals surface area contributed by atoms with Gasteiger partial charge in [-0.1, -0.05) is 95.9 Å². The predicted octanol–water partition coefficient (Wildman–Crippen LogP) is 12.0. The molecule has 0 aliphatic carbocycles. The van der Waals surface area contributed by atoms with Crippen LogP contribution in [0, 0.1) is 0 Å². The maximum absolute atomic E-state index is 13.1. The monoisotopic (exact) mass is 1070 g/mol. The molecule has 78 heavy (non-hydrogen) atoms. The quantitative estimate of drug-likeness (QED) is 0.0951. The minimum atomic E-state index is -0.510. The van der Waals surface area contributed by atoms with Gasteiger partial charge in [-0.05, 0) is 95.9 Å². The molecule has 4 aromatic rings. The minimum Gasteiger partial charge on any atom is -0.507 e. The first-order valence-electron chi connectivity index (χ1n) is 26.8. The van der Waals surface area contributed by atoms with Crippen LogP contribution in [-0.4, -0.2) is 95.3 Å². The number of esters is 4. The highest BCUT2D eigenvalue weighted by Crippen LogP contribution is 2.40. The van der Waals surface area contributed by atoms with Gasteiger partial charge in [0.2, 0.25) is 0 Å². The van der Waals surface area contributed by atoms with Gasteiger partial charge in [0.15, 0.2) is 0 Å². The normalized spacial score (nSPS) is 17.9. The molecule has 0 radical (unpaired) electrons. The lowest BCUT2D eigenvalue weighted by molar-refractivity contribution is -0.136. The first-order valence-corrected chi connectivity index (χ1v) is 26.8. The number of ether oxygens (including phenoxy) is 4. The Bertz CT molecular complexity index is 2530. The van der Waals surface area contributed by atoms with E-state index in [0.29, 0.717) is 83.0 Å². The Morgan fingerprint density at radius 1 is 0.321 bits per heavy atom. The van der Waals surface area contributed by atoms with Crippen molar-refractivity contribution in [3.05, 3.63) is 93.0 Å². The van der Waals surface area contributed by atoms with Gasteiger partial charge in [-0.3, -0.25) is 39.1 Å². The number of carbonyl (C=O) groups is 4. The summed E-state index contributed by atoms with van der Waals surface area (Å²) in [5.41, 5.74) is 1.62. The fourth-order valence-corrected chi connectivity index (χ4v) is 8.48. The molecule has 420 valence electrons. The third kappa shape index (κ3) is 18.4. The average Bonchev–Trinajstić information content (AvgIpc) is 3.34. The zero-order valence-electron chi connectivity index (χ0n) is 47.7. The van der Waals surface area contributed by atoms with Crippen LogP contribution in [0.4, 0.5) is 0 Å². The molecule has 5 rings (SSSR count). The van der Waals surface area contributed by atoms with Crippen molar-refractivity contribution in [2.75, 3.05) is 26.2 Å². The van der Waals surface area contributed by atoms with Crippen molar-refractivity contribution in [1.82, 2.24) is 0 Å². The number of phenolic OH excluding ortho intramolecular Hbond substituents is 4. The second-order valence-corrected chi connectivity index (χ2v) is 23.8. The summed E-state index contributed by atoms with van der Waals surface area (Å²) >= 11 is 0. The first kappa shape index (κ1) is 61.5. The van der Waals surface area contributed by atoms with Gasteiger partial charge >= 0.3 is 23.9 Å². The molecule has 1 aliphatic heterocycles. The van der Waals surface area contributed by atoms with Crippen molar-refractivity contribution in [3.8, 4) is 46.0 Å². The lowest BCUT2D eigenvalue weighted by Gasteiger charge is -2.22. The summed E-state index contributed by atoms with van der Waals surface area (Å²) in [6.07, 6.45) is 9.26. The van der Waals surface area contributed by atoms with Crippen LogP contribution in [0.2, 0.25) is 0 Å². The molecule has 0 atom stereocenters. The van der Waals surface area contributed by atoms with Crippen LogP contribution in [0.15, 0.2) is 68.5 Å². The maximum Gasteiger partial charge on any atom is 0.311 e. The molecule has 0 aromatic heterocycles. The van der Waals surface area contributed by atoms with E-state index in [2.05, 4.69) is 20.0 Å². The summed E-state index contributed by atoms with van der Waals surface area (Å²) in [6, 6.07) is 12.8. The van der Waals surface area contributed by atoms with E-state index in [1.807, 2.05) is 83.1 Å². The summed E-state index contributed by atoms with van der Waals surface area (Å²) < 4.78 is 23.0. The third-order valence-electron chi connectivity index (χ3n) is 12.8. The summed E-state index contributed by atoms with van der Waals surface area (Å²) in [4.78, 5) is 70.3. The van der Waals surface area contributed by atoms with Crippen LogP contribution in [0.25, 0.3) is 0 Å². The molecule has 0 saturated carbocycles. The predicted molar refractivity (Wildman–Crippen MR) is 306 cm³/mol. The van der Waals surface area contributed by atoms with Gasteiger partial charge in [-0.25, -0.2) is 0 Å². The Labute approximate surface area is 459 Å². The summed E-state index contributed by atoms with van der Waals surface area (Å²) in [5.74, 6) is -0.866. The highest BCUT2D eigenvalue weighted by atomic mass is 16.5. The Kier molecular flexibility index (Phi) is 21.1. The second-order valence-electron chi connectivity index (χ2n) is 23.8. The minimum absolute atomic E-state index is 0.00380. The highest BCUT2D eigenvalue weighted by molar-refractivity contribution is 5.89. The Hall–Kier alpha value is -7.36. The lowest BCUT2D eigenvalue weighted by atomic mass is 9.85. The number of aliphatic imine (C=N–C) groups is 4. The molecule has 0 fully saturated rings. The van der Waals surface area contributed by atoms with Gasteiger partial charge in [0.25, 0.3) is 0 Å². The summed E-state index contributed by atoms with van der Waals surface area (Å²) in [7, 11) is 0. The summed E-state index contributed by atoms with van der Waals surface area (Å²) in [5, 5.41) is 45.1.